The van der Waals surface area contributed by atoms with E-state index in [2.05, 4.69) is 9.71 Å². The lowest BCUT2D eigenvalue weighted by atomic mass is 10.1. The average Bonchev–Trinajstić information content (AvgIpc) is 2.92. The van der Waals surface area contributed by atoms with Crippen LogP contribution in [0, 0.1) is 0 Å². The van der Waals surface area contributed by atoms with Crippen molar-refractivity contribution in [1.29, 1.82) is 0 Å². The molecule has 8 nitrogen and oxygen atoms in total. The molecule has 0 atom stereocenters. The summed E-state index contributed by atoms with van der Waals surface area (Å²) < 4.78 is 29.5. The second-order valence-electron chi connectivity index (χ2n) is 7.14. The molecule has 10 heteroatoms. The van der Waals surface area contributed by atoms with E-state index in [0.717, 1.165) is 19.3 Å². The maximum atomic E-state index is 12.8. The lowest BCUT2D eigenvalue weighted by molar-refractivity contribution is 0.0998. The summed E-state index contributed by atoms with van der Waals surface area (Å²) in [4.78, 5) is 25.8. The van der Waals surface area contributed by atoms with Crippen molar-refractivity contribution >= 4 is 50.6 Å². The fraction of sp³-hybridized carbons (Fsp3) is 0.250. The maximum Gasteiger partial charge on any atom is 0.286 e. The van der Waals surface area contributed by atoms with Crippen LogP contribution in [0.3, 0.4) is 0 Å². The molecule has 1 fully saturated rings. The molecular weight excluding hydrogens is 428 g/mol. The summed E-state index contributed by atoms with van der Waals surface area (Å²) in [5.74, 6) is -0.637. The molecule has 30 heavy (non-hydrogen) atoms. The molecule has 2 amide bonds. The number of halogens is 1. The zero-order valence-electron chi connectivity index (χ0n) is 15.9. The first-order valence-corrected chi connectivity index (χ1v) is 11.2. The molecule has 2 aromatic rings. The molecule has 3 N–H and O–H groups in total. The number of carbonyl (C=O) groups excluding carboxylic acids is 2. The second kappa shape index (κ2) is 7.73. The minimum absolute atomic E-state index is 0.0199. The summed E-state index contributed by atoms with van der Waals surface area (Å²) in [6.45, 7) is 0.648. The van der Waals surface area contributed by atoms with Crippen molar-refractivity contribution in [2.45, 2.75) is 30.6 Å². The van der Waals surface area contributed by atoms with Crippen LogP contribution < -0.4 is 16.0 Å². The minimum Gasteiger partial charge on any atom is -0.366 e. The third kappa shape index (κ3) is 3.78. The number of nitrogens with two attached hydrogens (primary N) is 1. The van der Waals surface area contributed by atoms with Gasteiger partial charge in [-0.2, -0.15) is 8.42 Å². The van der Waals surface area contributed by atoms with Gasteiger partial charge < -0.3 is 16.0 Å². The molecule has 0 saturated carbocycles. The molecule has 0 radical (unpaired) electrons. The van der Waals surface area contributed by atoms with Crippen LogP contribution in [0.25, 0.3) is 0 Å². The fourth-order valence-corrected chi connectivity index (χ4v) is 5.10. The SMILES string of the molecule is NC(=O)c1ccc(NC(=O)c2cc3c(cc2Cl)N2CCCCCC2=NS3(=O)=O)cc1. The lowest BCUT2D eigenvalue weighted by Gasteiger charge is -2.30. The number of nitrogens with zero attached hydrogens (tertiary/aromatic N) is 2. The molecule has 2 aliphatic heterocycles. The predicted molar refractivity (Wildman–Crippen MR) is 115 cm³/mol. The van der Waals surface area contributed by atoms with Gasteiger partial charge in [-0.05, 0) is 49.2 Å². The fourth-order valence-electron chi connectivity index (χ4n) is 3.59. The van der Waals surface area contributed by atoms with E-state index in [1.165, 1.54) is 36.4 Å². The Morgan fingerprint density at radius 3 is 2.53 bits per heavy atom. The second-order valence-corrected chi connectivity index (χ2v) is 9.12. The Morgan fingerprint density at radius 1 is 1.10 bits per heavy atom. The lowest BCUT2D eigenvalue weighted by Crippen LogP contribution is -2.35. The summed E-state index contributed by atoms with van der Waals surface area (Å²) in [5.41, 5.74) is 6.39. The van der Waals surface area contributed by atoms with E-state index in [9.17, 15) is 18.0 Å². The van der Waals surface area contributed by atoms with Gasteiger partial charge in [0.2, 0.25) is 5.91 Å². The molecule has 4 rings (SSSR count). The highest BCUT2D eigenvalue weighted by atomic mass is 35.5. The van der Waals surface area contributed by atoms with E-state index in [0.29, 0.717) is 35.7 Å². The molecule has 2 aromatic carbocycles. The van der Waals surface area contributed by atoms with E-state index < -0.39 is 21.8 Å². The number of hydrogen-bond donors (Lipinski definition) is 2. The molecule has 0 aliphatic carbocycles. The van der Waals surface area contributed by atoms with Gasteiger partial charge in [0, 0.05) is 24.2 Å². The van der Waals surface area contributed by atoms with Gasteiger partial charge in [-0.15, -0.1) is 4.40 Å². The zero-order valence-corrected chi connectivity index (χ0v) is 17.5. The normalized spacial score (nSPS) is 17.2. The van der Waals surface area contributed by atoms with E-state index in [4.69, 9.17) is 17.3 Å². The van der Waals surface area contributed by atoms with Crippen molar-refractivity contribution in [3.05, 3.63) is 52.5 Å². The van der Waals surface area contributed by atoms with Gasteiger partial charge in [0.1, 0.15) is 10.7 Å². The minimum atomic E-state index is -3.93. The molecule has 2 aliphatic rings. The molecule has 0 unspecified atom stereocenters. The van der Waals surface area contributed by atoms with Crippen LogP contribution in [0.1, 0.15) is 46.4 Å². The number of fused-ring (bicyclic) bond motifs is 3. The van der Waals surface area contributed by atoms with Gasteiger partial charge >= 0.3 is 0 Å². The zero-order chi connectivity index (χ0) is 21.5. The average molecular weight is 447 g/mol. The molecule has 0 spiro atoms. The first-order valence-electron chi connectivity index (χ1n) is 9.42. The Balaban J connectivity index is 1.68. The summed E-state index contributed by atoms with van der Waals surface area (Å²) >= 11 is 6.37. The van der Waals surface area contributed by atoms with E-state index in [1.54, 1.807) is 0 Å². The van der Waals surface area contributed by atoms with Crippen molar-refractivity contribution in [3.8, 4) is 0 Å². The van der Waals surface area contributed by atoms with Crippen LogP contribution in [0.4, 0.5) is 11.4 Å². The van der Waals surface area contributed by atoms with Crippen LogP contribution in [0.15, 0.2) is 45.7 Å². The number of anilines is 2. The number of sulfonamides is 1. The van der Waals surface area contributed by atoms with Crippen molar-refractivity contribution < 1.29 is 18.0 Å². The molecule has 0 bridgehead atoms. The Hall–Kier alpha value is -2.91. The number of amidine groups is 1. The maximum absolute atomic E-state index is 12.8. The molecule has 156 valence electrons. The highest BCUT2D eigenvalue weighted by Crippen LogP contribution is 2.38. The van der Waals surface area contributed by atoms with E-state index in [-0.39, 0.29) is 15.5 Å². The van der Waals surface area contributed by atoms with Gasteiger partial charge in [0.25, 0.3) is 15.9 Å². The van der Waals surface area contributed by atoms with E-state index in [1.807, 2.05) is 4.90 Å². The Kier molecular flexibility index (Phi) is 5.25. The van der Waals surface area contributed by atoms with E-state index >= 15 is 0 Å². The molecule has 2 heterocycles. The highest BCUT2D eigenvalue weighted by molar-refractivity contribution is 7.90. The highest BCUT2D eigenvalue weighted by Gasteiger charge is 2.33. The van der Waals surface area contributed by atoms with Crippen LogP contribution in [-0.4, -0.2) is 32.6 Å². The summed E-state index contributed by atoms with van der Waals surface area (Å²) in [7, 11) is -3.93. The quantitative estimate of drug-likeness (QED) is 0.749. The number of hydrogen-bond acceptors (Lipinski definition) is 5. The summed E-state index contributed by atoms with van der Waals surface area (Å²) in [6.07, 6.45) is 3.37. The standard InChI is InChI=1S/C20H19ClN4O4S/c21-15-11-16-17(30(28,29)24-18-4-2-1-3-9-25(16)18)10-14(15)20(27)23-13-7-5-12(6-8-13)19(22)26/h5-8,10-11H,1-4,9H2,(H2,22,26)(H,23,27). The number of nitrogens with one attached hydrogen (secondary N) is 1. The topological polar surface area (TPSA) is 122 Å². The number of amides is 2. The molecular formula is C20H19ClN4O4S. The van der Waals surface area contributed by atoms with Gasteiger partial charge in [-0.25, -0.2) is 0 Å². The third-order valence-electron chi connectivity index (χ3n) is 5.11. The summed E-state index contributed by atoms with van der Waals surface area (Å²) in [6, 6.07) is 8.79. The van der Waals surface area contributed by atoms with Gasteiger partial charge in [-0.1, -0.05) is 18.0 Å². The van der Waals surface area contributed by atoms with Crippen molar-refractivity contribution in [2.75, 3.05) is 16.8 Å². The smallest absolute Gasteiger partial charge is 0.286 e. The first kappa shape index (κ1) is 20.4. The van der Waals surface area contributed by atoms with Gasteiger partial charge in [0.15, 0.2) is 0 Å². The molecule has 1 saturated heterocycles. The number of carbonyl (C=O) groups is 2. The van der Waals surface area contributed by atoms with Crippen LogP contribution in [0.5, 0.6) is 0 Å². The number of benzene rings is 2. The summed E-state index contributed by atoms with van der Waals surface area (Å²) in [5, 5.41) is 2.79. The Morgan fingerprint density at radius 2 is 1.83 bits per heavy atom. The van der Waals surface area contributed by atoms with Crippen molar-refractivity contribution in [3.63, 3.8) is 0 Å². The van der Waals surface area contributed by atoms with Gasteiger partial charge in [0.05, 0.1) is 16.3 Å². The predicted octanol–water partition coefficient (Wildman–Crippen LogP) is 3.17. The third-order valence-corrected chi connectivity index (χ3v) is 6.76. The number of primary amides is 1. The molecule has 0 aromatic heterocycles. The monoisotopic (exact) mass is 446 g/mol. The van der Waals surface area contributed by atoms with Crippen molar-refractivity contribution in [2.24, 2.45) is 10.1 Å². The van der Waals surface area contributed by atoms with Crippen molar-refractivity contribution in [1.82, 2.24) is 0 Å². The first-order chi connectivity index (χ1) is 14.3. The van der Waals surface area contributed by atoms with Gasteiger partial charge in [-0.3, -0.25) is 9.59 Å². The Labute approximate surface area is 178 Å². The number of rotatable bonds is 3. The van der Waals surface area contributed by atoms with Crippen LogP contribution >= 0.6 is 11.6 Å². The van der Waals surface area contributed by atoms with Crippen LogP contribution in [-0.2, 0) is 10.0 Å². The Bertz CT molecular complexity index is 1180. The largest absolute Gasteiger partial charge is 0.366 e. The van der Waals surface area contributed by atoms with Crippen LogP contribution in [0.2, 0.25) is 5.02 Å².